The first-order chi connectivity index (χ1) is 17.3. The number of nitrogens with zero attached hydrogens (tertiary/aromatic N) is 2. The molecule has 2 heterocycles. The molecule has 8 heteroatoms. The third-order valence-corrected chi connectivity index (χ3v) is 7.83. The van der Waals surface area contributed by atoms with E-state index in [2.05, 4.69) is 0 Å². The number of rotatable bonds is 4. The number of amides is 3. The number of imide groups is 1. The predicted molar refractivity (Wildman–Crippen MR) is 133 cm³/mol. The fourth-order valence-corrected chi connectivity index (χ4v) is 6.25. The number of hydrogen-bond acceptors (Lipinski definition) is 5. The third-order valence-electron chi connectivity index (χ3n) is 7.83. The SMILES string of the molecule is CCOC1(N2C(=O)C3CCCCC3C2=O)CCCc2cc(F)ccc2N1C(=O)c1ccc(N)cc1C. The van der Waals surface area contributed by atoms with Crippen LogP contribution in [0.25, 0.3) is 0 Å². The first-order valence-electron chi connectivity index (χ1n) is 12.8. The highest BCUT2D eigenvalue weighted by molar-refractivity contribution is 6.11. The van der Waals surface area contributed by atoms with Crippen LogP contribution in [0.5, 0.6) is 0 Å². The van der Waals surface area contributed by atoms with Gasteiger partial charge in [0.1, 0.15) is 5.82 Å². The zero-order chi connectivity index (χ0) is 25.6. The number of ether oxygens (including phenoxy) is 1. The van der Waals surface area contributed by atoms with Gasteiger partial charge in [-0.15, -0.1) is 0 Å². The summed E-state index contributed by atoms with van der Waals surface area (Å²) in [6, 6.07) is 9.26. The van der Waals surface area contributed by atoms with Gasteiger partial charge in [0.2, 0.25) is 17.7 Å². The number of nitrogens with two attached hydrogens (primary N) is 1. The summed E-state index contributed by atoms with van der Waals surface area (Å²) < 4.78 is 20.6. The normalized spacial score (nSPS) is 26.0. The van der Waals surface area contributed by atoms with Crippen LogP contribution >= 0.6 is 0 Å². The van der Waals surface area contributed by atoms with Gasteiger partial charge in [-0.25, -0.2) is 9.29 Å². The van der Waals surface area contributed by atoms with Crippen molar-refractivity contribution in [2.24, 2.45) is 11.8 Å². The lowest BCUT2D eigenvalue weighted by Gasteiger charge is -2.47. The van der Waals surface area contributed by atoms with Crippen LogP contribution in [0.4, 0.5) is 15.8 Å². The second kappa shape index (κ2) is 9.32. The van der Waals surface area contributed by atoms with Crippen molar-refractivity contribution < 1.29 is 23.5 Å². The minimum Gasteiger partial charge on any atom is -0.399 e. The molecule has 2 N–H and O–H groups in total. The van der Waals surface area contributed by atoms with E-state index in [1.165, 1.54) is 21.9 Å². The van der Waals surface area contributed by atoms with Crippen molar-refractivity contribution in [2.45, 2.75) is 64.6 Å². The van der Waals surface area contributed by atoms with Crippen molar-refractivity contribution in [1.29, 1.82) is 0 Å². The Balaban J connectivity index is 1.73. The minimum absolute atomic E-state index is 0.174. The molecule has 0 bridgehead atoms. The minimum atomic E-state index is -1.64. The molecular formula is C28H32FN3O4. The molecular weight excluding hydrogens is 461 g/mol. The van der Waals surface area contributed by atoms with Crippen molar-refractivity contribution in [1.82, 2.24) is 4.90 Å². The van der Waals surface area contributed by atoms with Gasteiger partial charge in [0.25, 0.3) is 5.91 Å². The number of hydrogen-bond donors (Lipinski definition) is 1. The highest BCUT2D eigenvalue weighted by atomic mass is 19.1. The first-order valence-corrected chi connectivity index (χ1v) is 12.8. The maximum atomic E-state index is 14.4. The molecule has 3 atom stereocenters. The fraction of sp³-hybridized carbons (Fsp3) is 0.464. The molecule has 36 heavy (non-hydrogen) atoms. The van der Waals surface area contributed by atoms with Gasteiger partial charge in [0.05, 0.1) is 17.5 Å². The Morgan fingerprint density at radius 1 is 1.08 bits per heavy atom. The van der Waals surface area contributed by atoms with E-state index in [9.17, 15) is 18.8 Å². The van der Waals surface area contributed by atoms with Gasteiger partial charge in [0.15, 0.2) is 0 Å². The van der Waals surface area contributed by atoms with Crippen LogP contribution < -0.4 is 10.6 Å². The molecule has 2 fully saturated rings. The summed E-state index contributed by atoms with van der Waals surface area (Å²) in [4.78, 5) is 44.7. The summed E-state index contributed by atoms with van der Waals surface area (Å²) in [5, 5.41) is 0. The maximum absolute atomic E-state index is 14.4. The molecule has 1 saturated carbocycles. The number of fused-ring (bicyclic) bond motifs is 2. The molecule has 2 aliphatic heterocycles. The molecule has 0 radical (unpaired) electrons. The molecule has 3 unspecified atom stereocenters. The monoisotopic (exact) mass is 493 g/mol. The van der Waals surface area contributed by atoms with E-state index in [1.54, 1.807) is 38.1 Å². The van der Waals surface area contributed by atoms with E-state index in [1.807, 2.05) is 0 Å². The molecule has 3 aliphatic rings. The number of halogens is 1. The summed E-state index contributed by atoms with van der Waals surface area (Å²) in [5.74, 6) is -3.83. The van der Waals surface area contributed by atoms with E-state index in [-0.39, 0.29) is 24.8 Å². The number of carbonyl (C=O) groups excluding carboxylic acids is 3. The molecule has 2 aromatic rings. The number of likely N-dealkylation sites (tertiary alicyclic amines) is 1. The Morgan fingerprint density at radius 3 is 2.42 bits per heavy atom. The van der Waals surface area contributed by atoms with Gasteiger partial charge in [-0.2, -0.15) is 0 Å². The summed E-state index contributed by atoms with van der Waals surface area (Å²) in [7, 11) is 0. The molecule has 3 amide bonds. The predicted octanol–water partition coefficient (Wildman–Crippen LogP) is 4.56. The lowest BCUT2D eigenvalue weighted by atomic mass is 9.81. The van der Waals surface area contributed by atoms with E-state index in [0.29, 0.717) is 53.7 Å². The zero-order valence-corrected chi connectivity index (χ0v) is 20.8. The van der Waals surface area contributed by atoms with Crippen LogP contribution in [0.1, 0.15) is 66.9 Å². The maximum Gasteiger partial charge on any atom is 0.262 e. The molecule has 2 aromatic carbocycles. The number of carbonyl (C=O) groups is 3. The van der Waals surface area contributed by atoms with Gasteiger partial charge >= 0.3 is 0 Å². The van der Waals surface area contributed by atoms with Crippen molar-refractivity contribution in [3.05, 3.63) is 58.9 Å². The lowest BCUT2D eigenvalue weighted by Crippen LogP contribution is -2.66. The summed E-state index contributed by atoms with van der Waals surface area (Å²) in [5.41, 5.74) is 8.57. The van der Waals surface area contributed by atoms with Crippen molar-refractivity contribution in [2.75, 3.05) is 17.2 Å². The van der Waals surface area contributed by atoms with E-state index < -0.39 is 29.4 Å². The number of nitrogen functional groups attached to an aromatic ring is 1. The van der Waals surface area contributed by atoms with E-state index in [0.717, 1.165) is 12.8 Å². The van der Waals surface area contributed by atoms with E-state index in [4.69, 9.17) is 10.5 Å². The largest absolute Gasteiger partial charge is 0.399 e. The van der Waals surface area contributed by atoms with Gasteiger partial charge in [-0.3, -0.25) is 19.3 Å². The van der Waals surface area contributed by atoms with Crippen LogP contribution in [0.15, 0.2) is 36.4 Å². The van der Waals surface area contributed by atoms with Gasteiger partial charge in [0, 0.05) is 24.3 Å². The first kappa shape index (κ1) is 24.4. The molecule has 7 nitrogen and oxygen atoms in total. The van der Waals surface area contributed by atoms with Crippen molar-refractivity contribution >= 4 is 29.1 Å². The highest BCUT2D eigenvalue weighted by Gasteiger charge is 2.60. The topological polar surface area (TPSA) is 92.9 Å². The molecule has 5 rings (SSSR count). The Labute approximate surface area is 210 Å². The second-order valence-corrected chi connectivity index (χ2v) is 10.0. The highest BCUT2D eigenvalue weighted by Crippen LogP contribution is 2.47. The third kappa shape index (κ3) is 3.79. The number of anilines is 2. The lowest BCUT2D eigenvalue weighted by molar-refractivity contribution is -0.180. The fourth-order valence-electron chi connectivity index (χ4n) is 6.25. The Kier molecular flexibility index (Phi) is 6.32. The van der Waals surface area contributed by atoms with Crippen molar-refractivity contribution in [3.8, 4) is 0 Å². The van der Waals surface area contributed by atoms with Crippen LogP contribution in [0.3, 0.4) is 0 Å². The molecule has 0 spiro atoms. The second-order valence-electron chi connectivity index (χ2n) is 10.0. The number of aryl methyl sites for hydroxylation is 2. The number of benzene rings is 2. The smallest absolute Gasteiger partial charge is 0.262 e. The Morgan fingerprint density at radius 2 is 1.78 bits per heavy atom. The average Bonchev–Trinajstić information content (AvgIpc) is 3.00. The van der Waals surface area contributed by atoms with Crippen LogP contribution in [-0.2, 0) is 20.7 Å². The van der Waals surface area contributed by atoms with Crippen LogP contribution in [0.2, 0.25) is 0 Å². The van der Waals surface area contributed by atoms with Crippen molar-refractivity contribution in [3.63, 3.8) is 0 Å². The van der Waals surface area contributed by atoms with E-state index >= 15 is 0 Å². The molecule has 0 aromatic heterocycles. The van der Waals surface area contributed by atoms with Gasteiger partial charge in [-0.05, 0) is 87.1 Å². The Hall–Kier alpha value is -3.26. The average molecular weight is 494 g/mol. The molecule has 1 aliphatic carbocycles. The van der Waals surface area contributed by atoms with Gasteiger partial charge in [-0.1, -0.05) is 12.8 Å². The standard InChI is InChI=1S/C28H32FN3O4/c1-3-36-28(32-26(34)22-8-4-5-9-23(22)27(32)35)14-6-7-18-16-19(29)10-13-24(18)31(28)25(33)21-12-11-20(30)15-17(21)2/h10-13,15-16,22-23H,3-9,14,30H2,1-2H3. The van der Waals surface area contributed by atoms with Crippen LogP contribution in [-0.4, -0.2) is 35.1 Å². The quantitative estimate of drug-likeness (QED) is 0.498. The Bertz CT molecular complexity index is 1210. The zero-order valence-electron chi connectivity index (χ0n) is 20.8. The molecule has 190 valence electrons. The summed E-state index contributed by atoms with van der Waals surface area (Å²) >= 11 is 0. The summed E-state index contributed by atoms with van der Waals surface area (Å²) in [6.45, 7) is 3.75. The summed E-state index contributed by atoms with van der Waals surface area (Å²) in [6.07, 6.45) is 4.31. The molecule has 1 saturated heterocycles. The van der Waals surface area contributed by atoms with Crippen LogP contribution in [0, 0.1) is 24.6 Å². The van der Waals surface area contributed by atoms with Gasteiger partial charge < -0.3 is 10.5 Å².